The number of ether oxygens (including phenoxy) is 2. The van der Waals surface area contributed by atoms with E-state index in [9.17, 15) is 13.2 Å². The monoisotopic (exact) mass is 467 g/mol. The number of carbonyl (C=O) groups excluding carboxylic acids is 1. The van der Waals surface area contributed by atoms with Gasteiger partial charge in [0.1, 0.15) is 6.54 Å². The summed E-state index contributed by atoms with van der Waals surface area (Å²) < 4.78 is 39.3. The van der Waals surface area contributed by atoms with Gasteiger partial charge in [-0.15, -0.1) is 0 Å². The number of aromatic nitrogens is 1. The van der Waals surface area contributed by atoms with E-state index in [-0.39, 0.29) is 16.8 Å². The van der Waals surface area contributed by atoms with Crippen LogP contribution < -0.4 is 19.1 Å². The van der Waals surface area contributed by atoms with Crippen LogP contribution in [-0.2, 0) is 14.8 Å². The van der Waals surface area contributed by atoms with Gasteiger partial charge in [-0.25, -0.2) is 17.7 Å². The number of thiazole rings is 1. The standard InChI is InChI=1S/C22H17N3O5S2/c26-21(23-15-10-11-18-19(12-15)30-14-29-18)13-25(32(27,28)16-6-2-1-3-7-16)22-24-17-8-4-5-9-20(17)31-22/h1-12H,13-14H2,(H,23,26). The zero-order chi connectivity index (χ0) is 22.1. The molecule has 0 fully saturated rings. The second kappa shape index (κ2) is 8.13. The molecular formula is C22H17N3O5S2. The number of nitrogens with zero attached hydrogens (tertiary/aromatic N) is 2. The average molecular weight is 468 g/mol. The maximum Gasteiger partial charge on any atom is 0.266 e. The molecule has 8 nitrogen and oxygen atoms in total. The van der Waals surface area contributed by atoms with E-state index in [1.165, 1.54) is 23.5 Å². The lowest BCUT2D eigenvalue weighted by Gasteiger charge is -2.21. The third-order valence-corrected chi connectivity index (χ3v) is 7.70. The molecule has 0 radical (unpaired) electrons. The molecule has 0 saturated carbocycles. The third kappa shape index (κ3) is 3.85. The van der Waals surface area contributed by atoms with Crippen LogP contribution in [0.1, 0.15) is 0 Å². The molecule has 10 heteroatoms. The summed E-state index contributed by atoms with van der Waals surface area (Å²) in [5, 5.41) is 2.94. The minimum absolute atomic E-state index is 0.0788. The first-order valence-corrected chi connectivity index (χ1v) is 11.9. The third-order valence-electron chi connectivity index (χ3n) is 4.77. The maximum atomic E-state index is 13.4. The molecule has 5 rings (SSSR count). The predicted molar refractivity (Wildman–Crippen MR) is 122 cm³/mol. The van der Waals surface area contributed by atoms with E-state index < -0.39 is 22.5 Å². The predicted octanol–water partition coefficient (Wildman–Crippen LogP) is 3.86. The largest absolute Gasteiger partial charge is 0.454 e. The van der Waals surface area contributed by atoms with Crippen molar-refractivity contribution in [2.45, 2.75) is 4.90 Å². The minimum Gasteiger partial charge on any atom is -0.454 e. The van der Waals surface area contributed by atoms with Crippen LogP contribution in [0.15, 0.2) is 77.7 Å². The molecule has 0 spiro atoms. The first kappa shape index (κ1) is 20.3. The van der Waals surface area contributed by atoms with Crippen LogP contribution in [0.5, 0.6) is 11.5 Å². The SMILES string of the molecule is O=C(CN(c1nc2ccccc2s1)S(=O)(=O)c1ccccc1)Nc1ccc2c(c1)OCO2. The van der Waals surface area contributed by atoms with Gasteiger partial charge in [0.25, 0.3) is 10.0 Å². The number of anilines is 2. The molecule has 0 aliphatic carbocycles. The number of benzene rings is 3. The van der Waals surface area contributed by atoms with E-state index in [1.807, 2.05) is 18.2 Å². The minimum atomic E-state index is -4.02. The summed E-state index contributed by atoms with van der Waals surface area (Å²) in [7, 11) is -4.02. The molecule has 3 aromatic carbocycles. The highest BCUT2D eigenvalue weighted by molar-refractivity contribution is 7.93. The number of hydrogen-bond donors (Lipinski definition) is 1. The summed E-state index contributed by atoms with van der Waals surface area (Å²) in [6.45, 7) is -0.321. The van der Waals surface area contributed by atoms with Gasteiger partial charge in [-0.1, -0.05) is 41.7 Å². The lowest BCUT2D eigenvalue weighted by molar-refractivity contribution is -0.114. The Morgan fingerprint density at radius 2 is 1.75 bits per heavy atom. The molecular weight excluding hydrogens is 450 g/mol. The van der Waals surface area contributed by atoms with E-state index >= 15 is 0 Å². The zero-order valence-electron chi connectivity index (χ0n) is 16.6. The quantitative estimate of drug-likeness (QED) is 0.463. The fourth-order valence-electron chi connectivity index (χ4n) is 3.25. The van der Waals surface area contributed by atoms with E-state index in [1.54, 1.807) is 42.5 Å². The summed E-state index contributed by atoms with van der Waals surface area (Å²) in [6.07, 6.45) is 0. The normalized spacial score (nSPS) is 12.6. The van der Waals surface area contributed by atoms with Crippen molar-refractivity contribution in [3.63, 3.8) is 0 Å². The zero-order valence-corrected chi connectivity index (χ0v) is 18.2. The van der Waals surface area contributed by atoms with Crippen molar-refractivity contribution in [1.82, 2.24) is 4.98 Å². The van der Waals surface area contributed by atoms with E-state index in [0.29, 0.717) is 22.7 Å². The van der Waals surface area contributed by atoms with E-state index in [4.69, 9.17) is 9.47 Å². The van der Waals surface area contributed by atoms with Crippen molar-refractivity contribution in [3.05, 3.63) is 72.8 Å². The highest BCUT2D eigenvalue weighted by Crippen LogP contribution is 2.35. The van der Waals surface area contributed by atoms with Crippen molar-refractivity contribution < 1.29 is 22.7 Å². The number of amides is 1. The number of fused-ring (bicyclic) bond motifs is 2. The van der Waals surface area contributed by atoms with Crippen LogP contribution >= 0.6 is 11.3 Å². The number of para-hydroxylation sites is 1. The molecule has 2 heterocycles. The van der Waals surface area contributed by atoms with Gasteiger partial charge in [-0.3, -0.25) is 4.79 Å². The highest BCUT2D eigenvalue weighted by atomic mass is 32.2. The molecule has 0 saturated heterocycles. The smallest absolute Gasteiger partial charge is 0.266 e. The molecule has 0 bridgehead atoms. The number of sulfonamides is 1. The van der Waals surface area contributed by atoms with Crippen LogP contribution in [-0.4, -0.2) is 32.6 Å². The number of rotatable bonds is 6. The Balaban J connectivity index is 1.47. The summed E-state index contributed by atoms with van der Waals surface area (Å²) >= 11 is 1.21. The molecule has 1 aromatic heterocycles. The van der Waals surface area contributed by atoms with Gasteiger partial charge in [0.2, 0.25) is 17.8 Å². The van der Waals surface area contributed by atoms with Crippen LogP contribution in [0.3, 0.4) is 0 Å². The molecule has 1 aliphatic heterocycles. The molecule has 1 aliphatic rings. The van der Waals surface area contributed by atoms with Gasteiger partial charge in [0, 0.05) is 11.8 Å². The molecule has 32 heavy (non-hydrogen) atoms. The fourth-order valence-corrected chi connectivity index (χ4v) is 5.81. The van der Waals surface area contributed by atoms with Gasteiger partial charge in [-0.05, 0) is 36.4 Å². The molecule has 0 atom stereocenters. The van der Waals surface area contributed by atoms with Crippen molar-refractivity contribution >= 4 is 48.3 Å². The van der Waals surface area contributed by atoms with Crippen LogP contribution in [0, 0.1) is 0 Å². The average Bonchev–Trinajstić information content (AvgIpc) is 3.44. The van der Waals surface area contributed by atoms with Crippen molar-refractivity contribution in [3.8, 4) is 11.5 Å². The van der Waals surface area contributed by atoms with Gasteiger partial charge in [-0.2, -0.15) is 0 Å². The molecule has 1 N–H and O–H groups in total. The van der Waals surface area contributed by atoms with Crippen LogP contribution in [0.4, 0.5) is 10.8 Å². The first-order valence-electron chi connectivity index (χ1n) is 9.63. The Bertz CT molecular complexity index is 1370. The molecule has 0 unspecified atom stereocenters. The summed E-state index contributed by atoms with van der Waals surface area (Å²) in [5.41, 5.74) is 1.14. The van der Waals surface area contributed by atoms with E-state index in [0.717, 1.165) is 9.01 Å². The Morgan fingerprint density at radius 1 is 1.00 bits per heavy atom. The Labute approximate surface area is 188 Å². The van der Waals surface area contributed by atoms with Gasteiger partial charge < -0.3 is 14.8 Å². The summed E-state index contributed by atoms with van der Waals surface area (Å²) in [5.74, 6) is 0.594. The van der Waals surface area contributed by atoms with Crippen molar-refractivity contribution in [2.75, 3.05) is 23.0 Å². The Morgan fingerprint density at radius 3 is 2.56 bits per heavy atom. The Kier molecular flexibility index (Phi) is 5.16. The molecule has 4 aromatic rings. The highest BCUT2D eigenvalue weighted by Gasteiger charge is 2.30. The first-order chi connectivity index (χ1) is 15.5. The molecule has 162 valence electrons. The fraction of sp³-hybridized carbons (Fsp3) is 0.0909. The van der Waals surface area contributed by atoms with Gasteiger partial charge in [0.05, 0.1) is 15.1 Å². The topological polar surface area (TPSA) is 97.8 Å². The molecule has 1 amide bonds. The van der Waals surface area contributed by atoms with E-state index in [2.05, 4.69) is 10.3 Å². The maximum absolute atomic E-state index is 13.4. The van der Waals surface area contributed by atoms with Crippen LogP contribution in [0.2, 0.25) is 0 Å². The number of nitrogens with one attached hydrogen (secondary N) is 1. The lowest BCUT2D eigenvalue weighted by atomic mass is 10.3. The second-order valence-corrected chi connectivity index (χ2v) is 9.78. The second-order valence-electron chi connectivity index (χ2n) is 6.91. The summed E-state index contributed by atoms with van der Waals surface area (Å²) in [4.78, 5) is 17.4. The van der Waals surface area contributed by atoms with Gasteiger partial charge >= 0.3 is 0 Å². The summed E-state index contributed by atoms with van der Waals surface area (Å²) in [6, 6.07) is 20.3. The van der Waals surface area contributed by atoms with Crippen molar-refractivity contribution in [2.24, 2.45) is 0 Å². The Hall–Kier alpha value is -3.63. The van der Waals surface area contributed by atoms with Gasteiger partial charge in [0.15, 0.2) is 11.5 Å². The van der Waals surface area contributed by atoms with Crippen molar-refractivity contribution in [1.29, 1.82) is 0 Å². The number of carbonyl (C=O) groups is 1. The van der Waals surface area contributed by atoms with Crippen LogP contribution in [0.25, 0.3) is 10.2 Å². The lowest BCUT2D eigenvalue weighted by Crippen LogP contribution is -2.38. The number of hydrogen-bond acceptors (Lipinski definition) is 7.